The van der Waals surface area contributed by atoms with Crippen molar-refractivity contribution in [1.82, 2.24) is 0 Å². The highest BCUT2D eigenvalue weighted by molar-refractivity contribution is 7.10. The summed E-state index contributed by atoms with van der Waals surface area (Å²) in [6.07, 6.45) is -0.724. The summed E-state index contributed by atoms with van der Waals surface area (Å²) in [6.45, 7) is 3.61. The minimum atomic E-state index is -0.724. The highest BCUT2D eigenvalue weighted by Crippen LogP contribution is 2.35. The third kappa shape index (κ3) is 3.22. The van der Waals surface area contributed by atoms with Gasteiger partial charge in [-0.3, -0.25) is 10.1 Å². The smallest absolute Gasteiger partial charge is 0.292 e. The van der Waals surface area contributed by atoms with Gasteiger partial charge >= 0.3 is 0 Å². The SMILES string of the molecule is CC(c1cccs1)N(C)c1ccc([C@@H](C)O)cc1[N+](=O)[O-]. The van der Waals surface area contributed by atoms with Gasteiger partial charge in [-0.05, 0) is 36.9 Å². The van der Waals surface area contributed by atoms with E-state index in [0.717, 1.165) is 4.88 Å². The number of aliphatic hydroxyl groups is 1. The molecule has 6 heteroatoms. The van der Waals surface area contributed by atoms with E-state index in [2.05, 4.69) is 0 Å². The molecule has 0 aliphatic carbocycles. The van der Waals surface area contributed by atoms with Gasteiger partial charge in [-0.1, -0.05) is 12.1 Å². The third-order valence-corrected chi connectivity index (χ3v) is 4.64. The van der Waals surface area contributed by atoms with Crippen LogP contribution in [0.15, 0.2) is 35.7 Å². The van der Waals surface area contributed by atoms with Gasteiger partial charge in [-0.25, -0.2) is 0 Å². The van der Waals surface area contributed by atoms with E-state index in [9.17, 15) is 15.2 Å². The van der Waals surface area contributed by atoms with Crippen LogP contribution in [0, 0.1) is 10.1 Å². The highest BCUT2D eigenvalue weighted by Gasteiger charge is 2.23. The summed E-state index contributed by atoms with van der Waals surface area (Å²) in [5, 5.41) is 22.9. The van der Waals surface area contributed by atoms with Gasteiger partial charge in [0, 0.05) is 18.0 Å². The fourth-order valence-corrected chi connectivity index (χ4v) is 3.00. The topological polar surface area (TPSA) is 66.6 Å². The zero-order valence-corrected chi connectivity index (χ0v) is 13.0. The second-order valence-corrected chi connectivity index (χ2v) is 5.96. The van der Waals surface area contributed by atoms with Crippen molar-refractivity contribution in [2.24, 2.45) is 0 Å². The summed E-state index contributed by atoms with van der Waals surface area (Å²) >= 11 is 1.62. The summed E-state index contributed by atoms with van der Waals surface area (Å²) in [4.78, 5) is 13.9. The van der Waals surface area contributed by atoms with Gasteiger partial charge in [0.05, 0.1) is 17.1 Å². The Morgan fingerprint density at radius 2 is 2.05 bits per heavy atom. The van der Waals surface area contributed by atoms with Crippen LogP contribution in [0.4, 0.5) is 11.4 Å². The van der Waals surface area contributed by atoms with Crippen molar-refractivity contribution in [2.75, 3.05) is 11.9 Å². The van der Waals surface area contributed by atoms with E-state index < -0.39 is 11.0 Å². The lowest BCUT2D eigenvalue weighted by Crippen LogP contribution is -2.22. The predicted molar refractivity (Wildman–Crippen MR) is 84.9 cm³/mol. The Hall–Kier alpha value is -1.92. The molecule has 0 bridgehead atoms. The van der Waals surface area contributed by atoms with Gasteiger partial charge in [-0.2, -0.15) is 0 Å². The molecule has 0 aliphatic rings. The first-order valence-corrected chi connectivity index (χ1v) is 7.52. The molecule has 2 rings (SSSR count). The van der Waals surface area contributed by atoms with Crippen molar-refractivity contribution in [1.29, 1.82) is 0 Å². The Morgan fingerprint density at radius 1 is 1.33 bits per heavy atom. The maximum absolute atomic E-state index is 11.3. The summed E-state index contributed by atoms with van der Waals surface area (Å²) in [5.41, 5.74) is 1.10. The van der Waals surface area contributed by atoms with Gasteiger partial charge in [0.1, 0.15) is 5.69 Å². The monoisotopic (exact) mass is 306 g/mol. The van der Waals surface area contributed by atoms with Gasteiger partial charge in [-0.15, -0.1) is 11.3 Å². The van der Waals surface area contributed by atoms with E-state index in [-0.39, 0.29) is 11.7 Å². The predicted octanol–water partition coefficient (Wildman–Crippen LogP) is 3.91. The Bertz CT molecular complexity index is 626. The molecule has 0 aliphatic heterocycles. The molecule has 5 nitrogen and oxygen atoms in total. The quantitative estimate of drug-likeness (QED) is 0.672. The van der Waals surface area contributed by atoms with Gasteiger partial charge < -0.3 is 10.0 Å². The molecule has 112 valence electrons. The third-order valence-electron chi connectivity index (χ3n) is 3.59. The fraction of sp³-hybridized carbons (Fsp3) is 0.333. The molecule has 1 unspecified atom stereocenters. The molecule has 1 N–H and O–H groups in total. The molecule has 0 fully saturated rings. The number of nitro groups is 1. The van der Waals surface area contributed by atoms with Gasteiger partial charge in [0.25, 0.3) is 5.69 Å². The summed E-state index contributed by atoms with van der Waals surface area (Å²) in [5.74, 6) is 0. The molecule has 2 aromatic rings. The van der Waals surface area contributed by atoms with Crippen LogP contribution in [0.3, 0.4) is 0 Å². The highest BCUT2D eigenvalue weighted by atomic mass is 32.1. The van der Waals surface area contributed by atoms with Crippen molar-refractivity contribution in [2.45, 2.75) is 26.0 Å². The lowest BCUT2D eigenvalue weighted by Gasteiger charge is -2.26. The first-order chi connectivity index (χ1) is 9.91. The molecule has 1 aromatic carbocycles. The zero-order chi connectivity index (χ0) is 15.6. The molecule has 0 amide bonds. The normalized spacial score (nSPS) is 13.7. The minimum absolute atomic E-state index is 0.0132. The number of aliphatic hydroxyl groups excluding tert-OH is 1. The standard InChI is InChI=1S/C15H18N2O3S/c1-10(15-5-4-8-21-15)16(3)13-7-6-12(11(2)18)9-14(13)17(19)20/h4-11,18H,1-3H3/t10?,11-/m1/s1. The number of hydrogen-bond acceptors (Lipinski definition) is 5. The molecule has 0 saturated heterocycles. The second-order valence-electron chi connectivity index (χ2n) is 4.98. The van der Waals surface area contributed by atoms with Crippen LogP contribution in [0.25, 0.3) is 0 Å². The van der Waals surface area contributed by atoms with E-state index >= 15 is 0 Å². The average Bonchev–Trinajstić information content (AvgIpc) is 2.99. The molecular weight excluding hydrogens is 288 g/mol. The largest absolute Gasteiger partial charge is 0.389 e. The Labute approximate surface area is 127 Å². The Morgan fingerprint density at radius 3 is 2.57 bits per heavy atom. The number of anilines is 1. The molecule has 21 heavy (non-hydrogen) atoms. The first kappa shape index (κ1) is 15.5. The maximum atomic E-state index is 11.3. The van der Waals surface area contributed by atoms with E-state index in [1.54, 1.807) is 30.4 Å². The lowest BCUT2D eigenvalue weighted by molar-refractivity contribution is -0.384. The molecule has 1 heterocycles. The van der Waals surface area contributed by atoms with E-state index in [0.29, 0.717) is 11.3 Å². The summed E-state index contributed by atoms with van der Waals surface area (Å²) in [6, 6.07) is 8.89. The van der Waals surface area contributed by atoms with Crippen LogP contribution in [0.5, 0.6) is 0 Å². The average molecular weight is 306 g/mol. The molecular formula is C15H18N2O3S. The van der Waals surface area contributed by atoms with Gasteiger partial charge in [0.2, 0.25) is 0 Å². The number of hydrogen-bond donors (Lipinski definition) is 1. The lowest BCUT2D eigenvalue weighted by atomic mass is 10.1. The molecule has 1 aromatic heterocycles. The van der Waals surface area contributed by atoms with E-state index in [1.165, 1.54) is 6.07 Å². The van der Waals surface area contributed by atoms with Crippen molar-refractivity contribution >= 4 is 22.7 Å². The van der Waals surface area contributed by atoms with Gasteiger partial charge in [0.15, 0.2) is 0 Å². The van der Waals surface area contributed by atoms with E-state index in [1.807, 2.05) is 36.4 Å². The number of nitro benzene ring substituents is 1. The van der Waals surface area contributed by atoms with Crippen LogP contribution >= 0.6 is 11.3 Å². The Kier molecular flexibility index (Phi) is 4.59. The molecule has 0 radical (unpaired) electrons. The molecule has 2 atom stereocenters. The fourth-order valence-electron chi connectivity index (χ4n) is 2.17. The second kappa shape index (κ2) is 6.24. The van der Waals surface area contributed by atoms with Crippen molar-refractivity contribution in [3.05, 3.63) is 56.3 Å². The molecule has 0 spiro atoms. The zero-order valence-electron chi connectivity index (χ0n) is 12.2. The van der Waals surface area contributed by atoms with Crippen molar-refractivity contribution in [3.8, 4) is 0 Å². The number of nitrogens with zero attached hydrogens (tertiary/aromatic N) is 2. The van der Waals surface area contributed by atoms with Crippen LogP contribution < -0.4 is 4.90 Å². The minimum Gasteiger partial charge on any atom is -0.389 e. The maximum Gasteiger partial charge on any atom is 0.292 e. The number of benzene rings is 1. The number of rotatable bonds is 5. The summed E-state index contributed by atoms with van der Waals surface area (Å²) < 4.78 is 0. The van der Waals surface area contributed by atoms with Crippen molar-refractivity contribution < 1.29 is 10.0 Å². The number of thiophene rings is 1. The van der Waals surface area contributed by atoms with Crippen LogP contribution in [-0.2, 0) is 0 Å². The summed E-state index contributed by atoms with van der Waals surface area (Å²) in [7, 11) is 1.84. The van der Waals surface area contributed by atoms with Crippen LogP contribution in [-0.4, -0.2) is 17.1 Å². The first-order valence-electron chi connectivity index (χ1n) is 6.64. The van der Waals surface area contributed by atoms with Crippen molar-refractivity contribution in [3.63, 3.8) is 0 Å². The van der Waals surface area contributed by atoms with Crippen LogP contribution in [0.1, 0.15) is 36.4 Å². The van der Waals surface area contributed by atoms with Crippen LogP contribution in [0.2, 0.25) is 0 Å². The Balaban J connectivity index is 2.40. The van der Waals surface area contributed by atoms with E-state index in [4.69, 9.17) is 0 Å². The molecule has 0 saturated carbocycles.